The summed E-state index contributed by atoms with van der Waals surface area (Å²) in [5.41, 5.74) is 1.74. The van der Waals surface area contributed by atoms with Gasteiger partial charge in [-0.3, -0.25) is 33.7 Å². The van der Waals surface area contributed by atoms with E-state index in [4.69, 9.17) is 0 Å². The molecule has 0 saturated carbocycles. The third-order valence-electron chi connectivity index (χ3n) is 6.50. The van der Waals surface area contributed by atoms with E-state index in [-0.39, 0.29) is 18.9 Å². The van der Waals surface area contributed by atoms with Gasteiger partial charge in [0.25, 0.3) is 11.8 Å². The lowest BCUT2D eigenvalue weighted by Crippen LogP contribution is -2.57. The van der Waals surface area contributed by atoms with E-state index in [2.05, 4.69) is 16.0 Å². The first-order valence-corrected chi connectivity index (χ1v) is 12.6. The number of anilines is 1. The van der Waals surface area contributed by atoms with E-state index in [0.29, 0.717) is 25.1 Å². The highest BCUT2D eigenvalue weighted by Gasteiger charge is 2.38. The molecule has 38 heavy (non-hydrogen) atoms. The molecule has 1 fully saturated rings. The Morgan fingerprint density at radius 1 is 1.05 bits per heavy atom. The van der Waals surface area contributed by atoms with Crippen molar-refractivity contribution in [1.82, 2.24) is 20.4 Å². The Morgan fingerprint density at radius 3 is 2.32 bits per heavy atom. The molecule has 12 nitrogen and oxygen atoms in total. The van der Waals surface area contributed by atoms with Crippen LogP contribution >= 0.6 is 0 Å². The molecule has 6 amide bonds. The summed E-state index contributed by atoms with van der Waals surface area (Å²) in [5, 5.41) is 17.5. The van der Waals surface area contributed by atoms with Crippen LogP contribution in [-0.4, -0.2) is 88.2 Å². The summed E-state index contributed by atoms with van der Waals surface area (Å²) < 4.78 is 0. The van der Waals surface area contributed by atoms with Gasteiger partial charge in [-0.25, -0.2) is 0 Å². The zero-order valence-corrected chi connectivity index (χ0v) is 21.4. The minimum atomic E-state index is -1.30. The Hall–Kier alpha value is -4.06. The Morgan fingerprint density at radius 2 is 1.71 bits per heavy atom. The van der Waals surface area contributed by atoms with Crippen molar-refractivity contribution in [3.8, 4) is 0 Å². The predicted octanol–water partition coefficient (Wildman–Crippen LogP) is -0.525. The molecular weight excluding hydrogens is 494 g/mol. The van der Waals surface area contributed by atoms with Crippen molar-refractivity contribution in [2.24, 2.45) is 0 Å². The minimum absolute atomic E-state index is 0.135. The number of rotatable bonds is 11. The monoisotopic (exact) mass is 527 g/mol. The van der Waals surface area contributed by atoms with Gasteiger partial charge in [0.1, 0.15) is 18.1 Å². The van der Waals surface area contributed by atoms with Crippen LogP contribution in [0.2, 0.25) is 0 Å². The van der Waals surface area contributed by atoms with Crippen LogP contribution in [0.15, 0.2) is 36.4 Å². The first-order chi connectivity index (χ1) is 18.1. The number of nitrogens with one attached hydrogen (secondary N) is 3. The van der Waals surface area contributed by atoms with Crippen LogP contribution < -0.4 is 16.0 Å². The number of nitrogens with zero attached hydrogens (tertiary/aromatic N) is 2. The molecule has 4 N–H and O–H groups in total. The summed E-state index contributed by atoms with van der Waals surface area (Å²) in [6.45, 7) is 2.90. The summed E-state index contributed by atoms with van der Waals surface area (Å²) in [5.74, 6) is -3.26. The molecule has 2 aliphatic heterocycles. The highest BCUT2D eigenvalue weighted by molar-refractivity contribution is 6.13. The summed E-state index contributed by atoms with van der Waals surface area (Å²) in [7, 11) is 0. The van der Waals surface area contributed by atoms with Gasteiger partial charge in [-0.05, 0) is 43.9 Å². The molecule has 0 unspecified atom stereocenters. The van der Waals surface area contributed by atoms with Gasteiger partial charge in [-0.2, -0.15) is 0 Å². The molecule has 2 heterocycles. The number of carbonyl (C=O) groups excluding carboxylic acids is 6. The van der Waals surface area contributed by atoms with E-state index < -0.39 is 54.3 Å². The highest BCUT2D eigenvalue weighted by Crippen LogP contribution is 2.21. The maximum atomic E-state index is 13.1. The number of aliphatic hydroxyl groups is 1. The minimum Gasteiger partial charge on any atom is -0.394 e. The fourth-order valence-electron chi connectivity index (χ4n) is 4.28. The average Bonchev–Trinajstić information content (AvgIpc) is 3.52. The number of aliphatic hydroxyl groups excluding tert-OH is 1. The zero-order chi connectivity index (χ0) is 27.8. The molecule has 12 heteroatoms. The van der Waals surface area contributed by atoms with Crippen molar-refractivity contribution in [2.45, 2.75) is 57.7 Å². The lowest BCUT2D eigenvalue weighted by Gasteiger charge is -2.28. The number of hydrogen-bond donors (Lipinski definition) is 4. The number of aryl methyl sites for hydroxylation is 1. The fraction of sp³-hybridized carbons (Fsp3) is 0.462. The van der Waals surface area contributed by atoms with Gasteiger partial charge in [-0.15, -0.1) is 0 Å². The maximum absolute atomic E-state index is 13.1. The number of amides is 6. The largest absolute Gasteiger partial charge is 0.394 e. The second kappa shape index (κ2) is 13.0. The van der Waals surface area contributed by atoms with E-state index in [0.717, 1.165) is 29.0 Å². The van der Waals surface area contributed by atoms with Crippen LogP contribution in [0.25, 0.3) is 0 Å². The Bertz CT molecular complexity index is 1100. The number of carbonyl (C=O) groups is 6. The van der Waals surface area contributed by atoms with Gasteiger partial charge >= 0.3 is 0 Å². The molecule has 204 valence electrons. The van der Waals surface area contributed by atoms with Crippen molar-refractivity contribution < 1.29 is 33.9 Å². The Balaban J connectivity index is 1.52. The molecule has 0 aromatic heterocycles. The van der Waals surface area contributed by atoms with E-state index in [1.54, 1.807) is 12.1 Å². The number of hydrogen-bond acceptors (Lipinski definition) is 7. The lowest BCUT2D eigenvalue weighted by molar-refractivity contribution is -0.141. The summed E-state index contributed by atoms with van der Waals surface area (Å²) in [4.78, 5) is 76.2. The SMILES string of the molecule is CCc1ccc(NC(=O)[C@@H]2CCCN2C(=O)[C@H](CO)NC(=O)[C@H](C)NC(=O)CCN2C(=O)C=CC2=O)cc1. The second-order valence-electron chi connectivity index (χ2n) is 9.17. The molecule has 1 aromatic carbocycles. The molecule has 3 rings (SSSR count). The summed E-state index contributed by atoms with van der Waals surface area (Å²) in [6, 6.07) is 4.30. The van der Waals surface area contributed by atoms with Crippen LogP contribution in [0, 0.1) is 0 Å². The normalized spacial score (nSPS) is 18.3. The van der Waals surface area contributed by atoms with Gasteiger partial charge in [0.05, 0.1) is 6.61 Å². The maximum Gasteiger partial charge on any atom is 0.253 e. The van der Waals surface area contributed by atoms with Gasteiger partial charge in [0, 0.05) is 37.3 Å². The summed E-state index contributed by atoms with van der Waals surface area (Å²) >= 11 is 0. The molecule has 0 radical (unpaired) electrons. The van der Waals surface area contributed by atoms with Crippen LogP contribution in [0.1, 0.15) is 38.7 Å². The van der Waals surface area contributed by atoms with Crippen LogP contribution in [0.4, 0.5) is 5.69 Å². The smallest absolute Gasteiger partial charge is 0.253 e. The van der Waals surface area contributed by atoms with Crippen LogP contribution in [0.5, 0.6) is 0 Å². The quantitative estimate of drug-likeness (QED) is 0.281. The van der Waals surface area contributed by atoms with Crippen LogP contribution in [0.3, 0.4) is 0 Å². The van der Waals surface area contributed by atoms with E-state index in [9.17, 15) is 33.9 Å². The van der Waals surface area contributed by atoms with Crippen molar-refractivity contribution in [2.75, 3.05) is 25.0 Å². The Labute approximate surface area is 220 Å². The van der Waals surface area contributed by atoms with Gasteiger partial charge in [0.2, 0.25) is 23.6 Å². The van der Waals surface area contributed by atoms with Crippen molar-refractivity contribution in [3.05, 3.63) is 42.0 Å². The second-order valence-corrected chi connectivity index (χ2v) is 9.17. The van der Waals surface area contributed by atoms with Crippen molar-refractivity contribution in [1.29, 1.82) is 0 Å². The highest BCUT2D eigenvalue weighted by atomic mass is 16.3. The number of likely N-dealkylation sites (tertiary alicyclic amines) is 1. The first-order valence-electron chi connectivity index (χ1n) is 12.6. The van der Waals surface area contributed by atoms with Gasteiger partial charge < -0.3 is 26.0 Å². The number of benzene rings is 1. The molecule has 1 aromatic rings. The predicted molar refractivity (Wildman–Crippen MR) is 136 cm³/mol. The molecule has 0 spiro atoms. The molecule has 3 atom stereocenters. The molecule has 1 saturated heterocycles. The zero-order valence-electron chi connectivity index (χ0n) is 21.4. The first kappa shape index (κ1) is 28.5. The fourth-order valence-corrected chi connectivity index (χ4v) is 4.28. The molecular formula is C26H33N5O7. The van der Waals surface area contributed by atoms with Crippen molar-refractivity contribution in [3.63, 3.8) is 0 Å². The third kappa shape index (κ3) is 7.03. The lowest BCUT2D eigenvalue weighted by atomic mass is 10.1. The number of imide groups is 1. The molecule has 0 aliphatic carbocycles. The van der Waals surface area contributed by atoms with E-state index >= 15 is 0 Å². The Kier molecular flexibility index (Phi) is 9.72. The average molecular weight is 528 g/mol. The summed E-state index contributed by atoms with van der Waals surface area (Å²) in [6.07, 6.45) is 3.93. The van der Waals surface area contributed by atoms with Gasteiger partial charge in [0.15, 0.2) is 0 Å². The van der Waals surface area contributed by atoms with E-state index in [1.807, 2.05) is 19.1 Å². The molecule has 2 aliphatic rings. The van der Waals surface area contributed by atoms with Crippen LogP contribution in [-0.2, 0) is 35.2 Å². The van der Waals surface area contributed by atoms with E-state index in [1.165, 1.54) is 11.8 Å². The van der Waals surface area contributed by atoms with Crippen molar-refractivity contribution >= 4 is 41.1 Å². The third-order valence-corrected chi connectivity index (χ3v) is 6.50. The molecule has 0 bridgehead atoms. The van der Waals surface area contributed by atoms with Gasteiger partial charge in [-0.1, -0.05) is 19.1 Å². The topological polar surface area (TPSA) is 165 Å². The standard InChI is InChI=1S/C26H33N5O7/c1-3-17-6-8-18(9-7-17)28-25(37)20-5-4-13-30(20)26(38)19(15-32)29-24(36)16(2)27-21(33)12-14-31-22(34)10-11-23(31)35/h6-11,16,19-20,32H,3-5,12-15H2,1-2H3,(H,27,33)(H,28,37)(H,29,36)/t16-,19-,20-/m0/s1.